The first-order valence-electron chi connectivity index (χ1n) is 7.91. The number of aryl methyl sites for hydroxylation is 1. The maximum Gasteiger partial charge on any atom is 0.416 e. The molecule has 0 aliphatic carbocycles. The number of alkyl halides is 3. The smallest absolute Gasteiger partial charge is 0.393 e. The van der Waals surface area contributed by atoms with E-state index in [2.05, 4.69) is 0 Å². The molecule has 0 radical (unpaired) electrons. The molecule has 27 heavy (non-hydrogen) atoms. The van der Waals surface area contributed by atoms with E-state index < -0.39 is 17.0 Å². The minimum absolute atomic E-state index is 0.118. The lowest BCUT2D eigenvalue weighted by Gasteiger charge is -2.14. The number of rotatable bonds is 3. The molecular weight excluding hydrogens is 418 g/mol. The Hall–Kier alpha value is -1.63. The summed E-state index contributed by atoms with van der Waals surface area (Å²) in [5.74, 6) is -0.313. The molecule has 0 amide bonds. The van der Waals surface area contributed by atoms with Crippen molar-refractivity contribution in [3.8, 4) is 0 Å². The van der Waals surface area contributed by atoms with Crippen LogP contribution in [0, 0.1) is 6.92 Å². The molecule has 1 atom stereocenters. The Bertz CT molecular complexity index is 956. The Morgan fingerprint density at radius 1 is 1.19 bits per heavy atom. The van der Waals surface area contributed by atoms with E-state index in [0.717, 1.165) is 35.0 Å². The molecule has 1 aliphatic heterocycles. The molecule has 0 spiro atoms. The lowest BCUT2D eigenvalue weighted by atomic mass is 9.95. The zero-order chi connectivity index (χ0) is 19.9. The van der Waals surface area contributed by atoms with Crippen LogP contribution in [0.3, 0.4) is 0 Å². The third-order valence-corrected chi connectivity index (χ3v) is 6.32. The maximum atomic E-state index is 13.0. The van der Waals surface area contributed by atoms with E-state index in [1.807, 2.05) is 6.92 Å². The molecule has 8 heteroatoms. The van der Waals surface area contributed by atoms with E-state index in [-0.39, 0.29) is 28.4 Å². The molecule has 2 nitrogen and oxygen atoms in total. The van der Waals surface area contributed by atoms with Crippen LogP contribution in [0.1, 0.15) is 22.3 Å². The minimum atomic E-state index is -4.50. The van der Waals surface area contributed by atoms with Gasteiger partial charge in [0.1, 0.15) is 0 Å². The first kappa shape index (κ1) is 20.1. The molecule has 2 aromatic rings. The van der Waals surface area contributed by atoms with E-state index in [4.69, 9.17) is 28.9 Å². The number of ketones is 1. The number of carbonyl (C=O) groups is 1. The Balaban J connectivity index is 1.91. The van der Waals surface area contributed by atoms with Crippen molar-refractivity contribution in [3.63, 3.8) is 0 Å². The Morgan fingerprint density at radius 3 is 2.56 bits per heavy atom. The van der Waals surface area contributed by atoms with Gasteiger partial charge >= 0.3 is 6.18 Å². The van der Waals surface area contributed by atoms with Crippen LogP contribution in [0.15, 0.2) is 41.4 Å². The van der Waals surface area contributed by atoms with Crippen molar-refractivity contribution in [2.75, 3.05) is 0 Å². The highest BCUT2D eigenvalue weighted by Gasteiger charge is 2.36. The topological polar surface area (TPSA) is 43.1 Å². The molecule has 2 aromatic carbocycles. The molecule has 142 valence electrons. The highest BCUT2D eigenvalue weighted by Crippen LogP contribution is 2.42. The van der Waals surface area contributed by atoms with E-state index >= 15 is 0 Å². The SMILES string of the molecule is Cc1ccc(Cl)c(Cl)c1CC1SC(N)=C(c2cccc(C(F)(F)F)c2)C1=O. The van der Waals surface area contributed by atoms with Crippen molar-refractivity contribution < 1.29 is 18.0 Å². The third kappa shape index (κ3) is 3.98. The molecule has 0 fully saturated rings. The number of carbonyl (C=O) groups excluding carboxylic acids is 1. The first-order valence-corrected chi connectivity index (χ1v) is 9.55. The van der Waals surface area contributed by atoms with Gasteiger partial charge in [-0.2, -0.15) is 13.2 Å². The summed E-state index contributed by atoms with van der Waals surface area (Å²) in [4.78, 5) is 12.9. The summed E-state index contributed by atoms with van der Waals surface area (Å²) < 4.78 is 38.9. The summed E-state index contributed by atoms with van der Waals surface area (Å²) in [5.41, 5.74) is 7.06. The molecule has 1 aliphatic rings. The Labute approximate surface area is 168 Å². The number of Topliss-reactive ketones (excluding diaryl/α,β-unsaturated/α-hetero) is 1. The van der Waals surface area contributed by atoms with Gasteiger partial charge in [0, 0.05) is 0 Å². The fourth-order valence-electron chi connectivity index (χ4n) is 2.94. The molecule has 3 rings (SSSR count). The van der Waals surface area contributed by atoms with Gasteiger partial charge in [-0.05, 0) is 48.2 Å². The fourth-order valence-corrected chi connectivity index (χ4v) is 4.53. The second-order valence-corrected chi connectivity index (χ2v) is 8.18. The van der Waals surface area contributed by atoms with Crippen molar-refractivity contribution in [1.29, 1.82) is 0 Å². The minimum Gasteiger partial charge on any atom is -0.393 e. The molecule has 1 heterocycles. The molecule has 0 aromatic heterocycles. The maximum absolute atomic E-state index is 13.0. The van der Waals surface area contributed by atoms with Gasteiger partial charge in [-0.3, -0.25) is 4.79 Å². The monoisotopic (exact) mass is 431 g/mol. The average Bonchev–Trinajstić information content (AvgIpc) is 2.88. The molecule has 1 unspecified atom stereocenters. The lowest BCUT2D eigenvalue weighted by Crippen LogP contribution is -2.17. The Kier molecular flexibility index (Phi) is 5.52. The van der Waals surface area contributed by atoms with Gasteiger partial charge < -0.3 is 5.73 Å². The summed E-state index contributed by atoms with van der Waals surface area (Å²) in [6.07, 6.45) is -4.21. The second-order valence-electron chi connectivity index (χ2n) is 6.15. The van der Waals surface area contributed by atoms with Crippen molar-refractivity contribution in [3.05, 3.63) is 73.7 Å². The van der Waals surface area contributed by atoms with Crippen LogP contribution in [0.25, 0.3) is 5.57 Å². The van der Waals surface area contributed by atoms with Crippen LogP contribution in [0.4, 0.5) is 13.2 Å². The number of thioether (sulfide) groups is 1. The largest absolute Gasteiger partial charge is 0.416 e. The van der Waals surface area contributed by atoms with Crippen LogP contribution in [-0.4, -0.2) is 11.0 Å². The normalized spacial score (nSPS) is 17.7. The van der Waals surface area contributed by atoms with Gasteiger partial charge in [0.05, 0.1) is 31.5 Å². The van der Waals surface area contributed by atoms with Gasteiger partial charge in [-0.1, -0.05) is 53.2 Å². The first-order chi connectivity index (χ1) is 12.6. The predicted molar refractivity (Wildman–Crippen MR) is 104 cm³/mol. The van der Waals surface area contributed by atoms with Crippen LogP contribution >= 0.6 is 35.0 Å². The van der Waals surface area contributed by atoms with E-state index in [1.54, 1.807) is 12.1 Å². The van der Waals surface area contributed by atoms with Gasteiger partial charge in [-0.15, -0.1) is 0 Å². The highest BCUT2D eigenvalue weighted by atomic mass is 35.5. The molecule has 0 saturated heterocycles. The number of allylic oxidation sites excluding steroid dienone is 1. The highest BCUT2D eigenvalue weighted by molar-refractivity contribution is 8.05. The van der Waals surface area contributed by atoms with Gasteiger partial charge in [-0.25, -0.2) is 0 Å². The van der Waals surface area contributed by atoms with Crippen LogP contribution in [0.2, 0.25) is 10.0 Å². The number of benzene rings is 2. The van der Waals surface area contributed by atoms with Gasteiger partial charge in [0.25, 0.3) is 0 Å². The number of hydrogen-bond donors (Lipinski definition) is 1. The van der Waals surface area contributed by atoms with Crippen LogP contribution < -0.4 is 5.73 Å². The standard InChI is InChI=1S/C19H14Cl2F3NOS/c1-9-5-6-13(20)16(21)12(9)8-14-17(26)15(18(25)27-14)10-3-2-4-11(7-10)19(22,23)24/h2-7,14H,8,25H2,1H3. The average molecular weight is 432 g/mol. The molecule has 2 N–H and O–H groups in total. The fraction of sp³-hybridized carbons (Fsp3) is 0.211. The zero-order valence-corrected chi connectivity index (χ0v) is 16.4. The summed E-state index contributed by atoms with van der Waals surface area (Å²) in [7, 11) is 0. The van der Waals surface area contributed by atoms with Crippen molar-refractivity contribution >= 4 is 46.3 Å². The van der Waals surface area contributed by atoms with Crippen molar-refractivity contribution in [1.82, 2.24) is 0 Å². The summed E-state index contributed by atoms with van der Waals surface area (Å²) in [5, 5.41) is 0.396. The third-order valence-electron chi connectivity index (χ3n) is 4.35. The molecule has 0 saturated carbocycles. The van der Waals surface area contributed by atoms with E-state index in [9.17, 15) is 18.0 Å². The van der Waals surface area contributed by atoms with Gasteiger partial charge in [0.2, 0.25) is 0 Å². The van der Waals surface area contributed by atoms with Crippen LogP contribution in [0.5, 0.6) is 0 Å². The van der Waals surface area contributed by atoms with E-state index in [1.165, 1.54) is 12.1 Å². The second kappa shape index (κ2) is 7.41. The quantitative estimate of drug-likeness (QED) is 0.659. The van der Waals surface area contributed by atoms with Crippen molar-refractivity contribution in [2.45, 2.75) is 24.8 Å². The Morgan fingerprint density at radius 2 is 1.89 bits per heavy atom. The van der Waals surface area contributed by atoms with Crippen molar-refractivity contribution in [2.24, 2.45) is 5.73 Å². The zero-order valence-electron chi connectivity index (χ0n) is 14.0. The van der Waals surface area contributed by atoms with Crippen LogP contribution in [-0.2, 0) is 17.4 Å². The predicted octanol–water partition coefficient (Wildman–Crippen LogP) is 5.88. The lowest BCUT2D eigenvalue weighted by molar-refractivity contribution is -0.137. The number of nitrogens with two attached hydrogens (primary N) is 1. The molecular formula is C19H14Cl2F3NOS. The summed E-state index contributed by atoms with van der Waals surface area (Å²) in [6.45, 7) is 1.85. The number of hydrogen-bond acceptors (Lipinski definition) is 3. The summed E-state index contributed by atoms with van der Waals surface area (Å²) in [6, 6.07) is 8.10. The van der Waals surface area contributed by atoms with E-state index in [0.29, 0.717) is 10.0 Å². The molecule has 0 bridgehead atoms. The summed E-state index contributed by atoms with van der Waals surface area (Å²) >= 11 is 13.5. The number of halogens is 5. The van der Waals surface area contributed by atoms with Gasteiger partial charge in [0.15, 0.2) is 5.78 Å².